The van der Waals surface area contributed by atoms with Gasteiger partial charge < -0.3 is 30.2 Å². The molecular formula is C8H13NO10P2S. The van der Waals surface area contributed by atoms with Crippen LogP contribution in [0, 0.1) is 0 Å². The largest absolute Gasteiger partial charge is 0.593 e. The Hall–Kier alpha value is -0.260. The van der Waals surface area contributed by atoms with Crippen LogP contribution in [0.25, 0.3) is 0 Å². The van der Waals surface area contributed by atoms with Crippen LogP contribution in [0.1, 0.15) is 6.92 Å². The number of hydrogen-bond acceptors (Lipinski definition) is 11. The van der Waals surface area contributed by atoms with Crippen LogP contribution in [0.3, 0.4) is 0 Å². The Bertz CT molecular complexity index is 517. The van der Waals surface area contributed by atoms with Gasteiger partial charge in [0.15, 0.2) is 11.0 Å². The van der Waals surface area contributed by atoms with Crippen molar-refractivity contribution in [1.82, 2.24) is 5.32 Å². The number of nitrogens with one attached hydrogen (secondary N) is 1. The number of thiol groups is 1. The van der Waals surface area contributed by atoms with Crippen molar-refractivity contribution in [3.63, 3.8) is 0 Å². The highest BCUT2D eigenvalue weighted by Crippen LogP contribution is 2.58. The van der Waals surface area contributed by atoms with E-state index in [-0.39, 0.29) is 0 Å². The third kappa shape index (κ3) is 2.69. The van der Waals surface area contributed by atoms with Crippen molar-refractivity contribution in [2.75, 3.05) is 6.61 Å². The molecule has 1 heterocycles. The average Bonchev–Trinajstić information content (AvgIpc) is 2.38. The zero-order valence-corrected chi connectivity index (χ0v) is 13.6. The standard InChI is InChI=1S/C8H13NO10P2S/c1-3(11)9-7(20(15)16)5(12)6(13,22)4(2-10)19-8(7,14)21(17)18/h4-5,10,12-14,22H,2H2,1H3,(H,9,11)/t4-,5+,6+,7+,8-/m1/s1. The first-order valence-electron chi connectivity index (χ1n) is 5.59. The first kappa shape index (κ1) is 19.8. The van der Waals surface area contributed by atoms with Crippen LogP contribution in [0.5, 0.6) is 0 Å². The lowest BCUT2D eigenvalue weighted by atomic mass is 9.95. The van der Waals surface area contributed by atoms with Crippen molar-refractivity contribution >= 4 is 34.6 Å². The lowest BCUT2D eigenvalue weighted by molar-refractivity contribution is -0.323. The van der Waals surface area contributed by atoms with Crippen molar-refractivity contribution in [1.29, 1.82) is 0 Å². The summed E-state index contributed by atoms with van der Waals surface area (Å²) in [5, 5.41) is 37.6. The van der Waals surface area contributed by atoms with E-state index in [0.29, 0.717) is 0 Å². The fourth-order valence-electron chi connectivity index (χ4n) is 2.07. The quantitative estimate of drug-likeness (QED) is 0.159. The Labute approximate surface area is 131 Å². The Kier molecular flexibility index (Phi) is 5.69. The monoisotopic (exact) mass is 377 g/mol. The van der Waals surface area contributed by atoms with E-state index in [1.807, 2.05) is 0 Å². The molecule has 0 spiro atoms. The van der Waals surface area contributed by atoms with E-state index in [4.69, 9.17) is 5.11 Å². The molecule has 1 aliphatic rings. The molecule has 22 heavy (non-hydrogen) atoms. The number of aliphatic hydroxyl groups is 4. The number of ether oxygens (including phenoxy) is 1. The van der Waals surface area contributed by atoms with Gasteiger partial charge in [-0.05, 0) is 0 Å². The third-order valence-electron chi connectivity index (χ3n) is 3.14. The topological polar surface area (TPSA) is 200 Å². The predicted octanol–water partition coefficient (Wildman–Crippen LogP) is -3.96. The van der Waals surface area contributed by atoms with Gasteiger partial charge in [0.2, 0.25) is 5.91 Å². The highest BCUT2D eigenvalue weighted by molar-refractivity contribution is 7.81. The molecule has 0 aliphatic carbocycles. The van der Waals surface area contributed by atoms with E-state index < -0.39 is 56.5 Å². The van der Waals surface area contributed by atoms with E-state index in [0.717, 1.165) is 6.92 Å². The molecule has 0 aromatic carbocycles. The molecule has 14 heteroatoms. The van der Waals surface area contributed by atoms with Crippen LogP contribution >= 0.6 is 28.7 Å². The van der Waals surface area contributed by atoms with Gasteiger partial charge >= 0.3 is 26.9 Å². The van der Waals surface area contributed by atoms with Crippen molar-refractivity contribution < 1.29 is 48.9 Å². The van der Waals surface area contributed by atoms with E-state index in [9.17, 15) is 39.0 Å². The zero-order valence-electron chi connectivity index (χ0n) is 10.9. The summed E-state index contributed by atoms with van der Waals surface area (Å²) in [7, 11) is -8.24. The summed E-state index contributed by atoms with van der Waals surface area (Å²) in [5.41, 5.74) is -3.65. The second-order valence-electron chi connectivity index (χ2n) is 4.54. The van der Waals surface area contributed by atoms with Crippen LogP contribution in [0.4, 0.5) is 0 Å². The molecule has 1 fully saturated rings. The number of rotatable bonds is 4. The van der Waals surface area contributed by atoms with Crippen molar-refractivity contribution in [3.8, 4) is 0 Å². The maximum atomic E-state index is 11.6. The molecule has 1 rings (SSSR count). The van der Waals surface area contributed by atoms with Gasteiger partial charge in [0.05, 0.1) is 6.61 Å². The van der Waals surface area contributed by atoms with Crippen LogP contribution < -0.4 is 15.1 Å². The summed E-state index contributed by atoms with van der Waals surface area (Å²) < 4.78 is 27.5. The van der Waals surface area contributed by atoms with Crippen LogP contribution in [-0.2, 0) is 18.7 Å². The van der Waals surface area contributed by atoms with Gasteiger partial charge in [0.25, 0.3) is 0 Å². The Morgan fingerprint density at radius 3 is 2.18 bits per heavy atom. The molecule has 2 unspecified atom stereocenters. The number of aliphatic hydroxyl groups excluding tert-OH is 2. The van der Waals surface area contributed by atoms with Crippen molar-refractivity contribution in [2.45, 2.75) is 34.9 Å². The van der Waals surface area contributed by atoms with Crippen molar-refractivity contribution in [3.05, 3.63) is 0 Å². The number of amides is 1. The molecule has 7 atom stereocenters. The fraction of sp³-hybridized carbons (Fsp3) is 0.875. The first-order valence-corrected chi connectivity index (χ1v) is 8.39. The summed E-state index contributed by atoms with van der Waals surface area (Å²) in [6.45, 7) is -0.338. The van der Waals surface area contributed by atoms with Gasteiger partial charge in [-0.15, -0.1) is 12.6 Å². The fourth-order valence-corrected chi connectivity index (χ4v) is 4.60. The van der Waals surface area contributed by atoms with Gasteiger partial charge in [-0.2, -0.15) is 0 Å². The SMILES string of the molecule is CC(=O)N[C@]1([P+](=O)[O-])[C@@H](O)[C@@](O)(S)[C@@H](CO)O[C@@]1(O)[P+](=O)[O-]. The molecule has 0 saturated carbocycles. The number of carbonyl (C=O) groups excluding carboxylic acids is 1. The summed E-state index contributed by atoms with van der Waals surface area (Å²) in [5.74, 6) is -1.15. The average molecular weight is 377 g/mol. The molecular weight excluding hydrogens is 364 g/mol. The Morgan fingerprint density at radius 2 is 1.86 bits per heavy atom. The lowest BCUT2D eigenvalue weighted by Gasteiger charge is -2.49. The number of hydrogen-bond donors (Lipinski definition) is 6. The second-order valence-corrected chi connectivity index (χ2v) is 7.60. The number of carbonyl (C=O) groups is 1. The van der Waals surface area contributed by atoms with Gasteiger partial charge in [-0.3, -0.25) is 14.8 Å². The van der Waals surface area contributed by atoms with E-state index in [1.165, 1.54) is 0 Å². The van der Waals surface area contributed by atoms with Gasteiger partial charge in [-0.1, -0.05) is 9.13 Å². The zero-order chi connectivity index (χ0) is 17.5. The van der Waals surface area contributed by atoms with E-state index in [1.54, 1.807) is 5.32 Å². The van der Waals surface area contributed by atoms with Gasteiger partial charge in [-0.25, -0.2) is 0 Å². The van der Waals surface area contributed by atoms with E-state index >= 15 is 0 Å². The summed E-state index contributed by atoms with van der Waals surface area (Å²) in [6, 6.07) is 0. The molecule has 0 aromatic rings. The summed E-state index contributed by atoms with van der Waals surface area (Å²) in [6.07, 6.45) is -4.63. The minimum absolute atomic E-state index is 0.779. The summed E-state index contributed by atoms with van der Waals surface area (Å²) >= 11 is 3.56. The normalized spacial score (nSPS) is 43.5. The van der Waals surface area contributed by atoms with Crippen LogP contribution in [-0.4, -0.2) is 60.9 Å². The maximum absolute atomic E-state index is 11.6. The van der Waals surface area contributed by atoms with Crippen LogP contribution in [0.2, 0.25) is 0 Å². The molecule has 5 N–H and O–H groups in total. The Balaban J connectivity index is 3.67. The first-order chi connectivity index (χ1) is 9.87. The summed E-state index contributed by atoms with van der Waals surface area (Å²) in [4.78, 5) is 31.3. The molecule has 1 aliphatic heterocycles. The predicted molar refractivity (Wildman–Crippen MR) is 68.6 cm³/mol. The smallest absolute Gasteiger partial charge is 0.443 e. The second kappa shape index (κ2) is 6.33. The minimum atomic E-state index is -4.13. The lowest BCUT2D eigenvalue weighted by Crippen LogP contribution is -2.79. The molecule has 0 bridgehead atoms. The third-order valence-corrected chi connectivity index (χ3v) is 6.04. The molecule has 11 nitrogen and oxygen atoms in total. The maximum Gasteiger partial charge on any atom is 0.443 e. The molecule has 0 radical (unpaired) electrons. The highest BCUT2D eigenvalue weighted by atomic mass is 32.1. The molecule has 126 valence electrons. The van der Waals surface area contributed by atoms with Crippen LogP contribution in [0.15, 0.2) is 0 Å². The molecule has 1 amide bonds. The molecule has 0 aromatic heterocycles. The highest BCUT2D eigenvalue weighted by Gasteiger charge is 2.83. The van der Waals surface area contributed by atoms with E-state index in [2.05, 4.69) is 17.4 Å². The van der Waals surface area contributed by atoms with Gasteiger partial charge in [0, 0.05) is 6.92 Å². The van der Waals surface area contributed by atoms with Crippen molar-refractivity contribution in [2.24, 2.45) is 0 Å². The molecule has 1 saturated heterocycles. The Morgan fingerprint density at radius 1 is 1.36 bits per heavy atom. The van der Waals surface area contributed by atoms with Gasteiger partial charge in [0.1, 0.15) is 6.10 Å². The minimum Gasteiger partial charge on any atom is -0.593 e.